The van der Waals surface area contributed by atoms with E-state index in [4.69, 9.17) is 0 Å². The molecule has 0 aliphatic carbocycles. The average Bonchev–Trinajstić information content (AvgIpc) is 2.84. The minimum Gasteiger partial charge on any atom is -0.384 e. The fraction of sp³-hybridized carbons (Fsp3) is 0.562. The van der Waals surface area contributed by atoms with Crippen molar-refractivity contribution in [1.82, 2.24) is 5.32 Å². The molecule has 0 unspecified atom stereocenters. The zero-order valence-corrected chi connectivity index (χ0v) is 12.0. The Hall–Kier alpha value is -1.51. The molecule has 2 N–H and O–H groups in total. The summed E-state index contributed by atoms with van der Waals surface area (Å²) in [5.74, 6) is 0.805. The second-order valence-corrected chi connectivity index (χ2v) is 5.69. The van der Waals surface area contributed by atoms with Crippen LogP contribution in [0.3, 0.4) is 0 Å². The van der Waals surface area contributed by atoms with Gasteiger partial charge in [0.2, 0.25) is 0 Å². The minimum absolute atomic E-state index is 0.0549. The lowest BCUT2D eigenvalue weighted by molar-refractivity contribution is 0.0953. The number of anilines is 1. The van der Waals surface area contributed by atoms with Gasteiger partial charge in [0, 0.05) is 24.3 Å². The molecule has 0 saturated heterocycles. The van der Waals surface area contributed by atoms with Gasteiger partial charge in [0.25, 0.3) is 5.91 Å². The maximum absolute atomic E-state index is 12.0. The molecule has 1 aromatic rings. The van der Waals surface area contributed by atoms with Crippen LogP contribution < -0.4 is 10.6 Å². The van der Waals surface area contributed by atoms with Gasteiger partial charge >= 0.3 is 0 Å². The number of fused-ring (bicyclic) bond motifs is 1. The number of unbranched alkanes of at least 4 members (excludes halogenated alkanes) is 1. The van der Waals surface area contributed by atoms with E-state index in [1.165, 1.54) is 24.1 Å². The molecule has 104 valence electrons. The third kappa shape index (κ3) is 3.98. The predicted molar refractivity (Wildman–Crippen MR) is 79.7 cm³/mol. The number of rotatable bonds is 6. The molecule has 1 aliphatic rings. The quantitative estimate of drug-likeness (QED) is 0.771. The number of carbonyl (C=O) groups is 1. The van der Waals surface area contributed by atoms with Gasteiger partial charge in [0.05, 0.1) is 0 Å². The molecule has 0 fully saturated rings. The van der Waals surface area contributed by atoms with Crippen molar-refractivity contribution in [2.24, 2.45) is 5.92 Å². The molecule has 2 rings (SSSR count). The molecule has 1 aromatic carbocycles. The minimum atomic E-state index is 0.0549. The molecule has 0 aromatic heterocycles. The van der Waals surface area contributed by atoms with Crippen molar-refractivity contribution in [1.29, 1.82) is 0 Å². The van der Waals surface area contributed by atoms with Gasteiger partial charge in [-0.15, -0.1) is 0 Å². The molecule has 0 spiro atoms. The van der Waals surface area contributed by atoms with Crippen LogP contribution in [-0.2, 0) is 6.42 Å². The average molecular weight is 260 g/mol. The summed E-state index contributed by atoms with van der Waals surface area (Å²) in [5, 5.41) is 6.31. The fourth-order valence-electron chi connectivity index (χ4n) is 2.43. The summed E-state index contributed by atoms with van der Waals surface area (Å²) in [6.45, 7) is 6.23. The fourth-order valence-corrected chi connectivity index (χ4v) is 2.43. The standard InChI is InChI=1S/C16H24N2O/c1-12(2)5-3-4-9-18-16(19)14-6-7-15-13(11-14)8-10-17-15/h6-7,11-12,17H,3-5,8-10H2,1-2H3,(H,18,19). The summed E-state index contributed by atoms with van der Waals surface area (Å²) in [4.78, 5) is 12.0. The smallest absolute Gasteiger partial charge is 0.251 e. The molecule has 1 aliphatic heterocycles. The lowest BCUT2D eigenvalue weighted by Gasteiger charge is -2.08. The van der Waals surface area contributed by atoms with Crippen molar-refractivity contribution in [3.05, 3.63) is 29.3 Å². The summed E-state index contributed by atoms with van der Waals surface area (Å²) in [6.07, 6.45) is 4.51. The van der Waals surface area contributed by atoms with E-state index in [9.17, 15) is 4.79 Å². The van der Waals surface area contributed by atoms with Gasteiger partial charge in [-0.25, -0.2) is 0 Å². The first-order valence-corrected chi connectivity index (χ1v) is 7.32. The van der Waals surface area contributed by atoms with Crippen LogP contribution in [0.25, 0.3) is 0 Å². The molecular formula is C16H24N2O. The summed E-state index contributed by atoms with van der Waals surface area (Å²) < 4.78 is 0. The number of benzene rings is 1. The second-order valence-electron chi connectivity index (χ2n) is 5.69. The van der Waals surface area contributed by atoms with Crippen LogP contribution >= 0.6 is 0 Å². The van der Waals surface area contributed by atoms with E-state index in [-0.39, 0.29) is 5.91 Å². The first kappa shape index (κ1) is 13.9. The highest BCUT2D eigenvalue weighted by molar-refractivity contribution is 5.95. The first-order chi connectivity index (χ1) is 9.16. The highest BCUT2D eigenvalue weighted by Crippen LogP contribution is 2.22. The Bertz CT molecular complexity index is 440. The molecule has 0 saturated carbocycles. The predicted octanol–water partition coefficient (Wildman–Crippen LogP) is 3.21. The van der Waals surface area contributed by atoms with E-state index in [2.05, 4.69) is 24.5 Å². The Morgan fingerprint density at radius 3 is 3.00 bits per heavy atom. The van der Waals surface area contributed by atoms with Gasteiger partial charge in [-0.3, -0.25) is 4.79 Å². The summed E-state index contributed by atoms with van der Waals surface area (Å²) in [5.41, 5.74) is 3.22. The normalized spacial score (nSPS) is 13.2. The molecule has 0 atom stereocenters. The van der Waals surface area contributed by atoms with Gasteiger partial charge in [0.15, 0.2) is 0 Å². The van der Waals surface area contributed by atoms with Gasteiger partial charge < -0.3 is 10.6 Å². The zero-order valence-electron chi connectivity index (χ0n) is 12.0. The molecule has 1 amide bonds. The van der Waals surface area contributed by atoms with Crippen LogP contribution in [0.5, 0.6) is 0 Å². The molecular weight excluding hydrogens is 236 g/mol. The number of carbonyl (C=O) groups excluding carboxylic acids is 1. The van der Waals surface area contributed by atoms with Gasteiger partial charge in [-0.05, 0) is 42.5 Å². The van der Waals surface area contributed by atoms with Crippen molar-refractivity contribution in [2.75, 3.05) is 18.4 Å². The Labute approximate surface area is 115 Å². The van der Waals surface area contributed by atoms with E-state index in [1.807, 2.05) is 18.2 Å². The van der Waals surface area contributed by atoms with Crippen molar-refractivity contribution in [3.63, 3.8) is 0 Å². The third-order valence-corrected chi connectivity index (χ3v) is 3.57. The van der Waals surface area contributed by atoms with E-state index in [0.29, 0.717) is 0 Å². The van der Waals surface area contributed by atoms with Crippen LogP contribution in [0.15, 0.2) is 18.2 Å². The van der Waals surface area contributed by atoms with Crippen molar-refractivity contribution >= 4 is 11.6 Å². The van der Waals surface area contributed by atoms with E-state index in [1.54, 1.807) is 0 Å². The Balaban J connectivity index is 1.77. The number of amides is 1. The van der Waals surface area contributed by atoms with E-state index in [0.717, 1.165) is 37.4 Å². The molecule has 1 heterocycles. The topological polar surface area (TPSA) is 41.1 Å². The summed E-state index contributed by atoms with van der Waals surface area (Å²) in [6, 6.07) is 5.93. The molecule has 3 nitrogen and oxygen atoms in total. The highest BCUT2D eigenvalue weighted by atomic mass is 16.1. The summed E-state index contributed by atoms with van der Waals surface area (Å²) in [7, 11) is 0. The SMILES string of the molecule is CC(C)CCCCNC(=O)c1ccc2c(c1)CCN2. The van der Waals surface area contributed by atoms with Crippen LogP contribution in [0.1, 0.15) is 49.0 Å². The first-order valence-electron chi connectivity index (χ1n) is 7.32. The van der Waals surface area contributed by atoms with Crippen molar-refractivity contribution < 1.29 is 4.79 Å². The lowest BCUT2D eigenvalue weighted by Crippen LogP contribution is -2.24. The summed E-state index contributed by atoms with van der Waals surface area (Å²) >= 11 is 0. The zero-order chi connectivity index (χ0) is 13.7. The largest absolute Gasteiger partial charge is 0.384 e. The van der Waals surface area contributed by atoms with Crippen LogP contribution in [0, 0.1) is 5.92 Å². The van der Waals surface area contributed by atoms with Gasteiger partial charge in [-0.1, -0.05) is 26.7 Å². The Kier molecular flexibility index (Phi) is 4.83. The number of nitrogens with one attached hydrogen (secondary N) is 2. The lowest BCUT2D eigenvalue weighted by atomic mass is 10.1. The Morgan fingerprint density at radius 1 is 1.37 bits per heavy atom. The third-order valence-electron chi connectivity index (χ3n) is 3.57. The van der Waals surface area contributed by atoms with Crippen molar-refractivity contribution in [2.45, 2.75) is 39.5 Å². The Morgan fingerprint density at radius 2 is 2.21 bits per heavy atom. The van der Waals surface area contributed by atoms with Gasteiger partial charge in [-0.2, -0.15) is 0 Å². The van der Waals surface area contributed by atoms with Gasteiger partial charge in [0.1, 0.15) is 0 Å². The molecule has 19 heavy (non-hydrogen) atoms. The highest BCUT2D eigenvalue weighted by Gasteiger charge is 2.12. The van der Waals surface area contributed by atoms with Crippen LogP contribution in [-0.4, -0.2) is 19.0 Å². The monoisotopic (exact) mass is 260 g/mol. The maximum Gasteiger partial charge on any atom is 0.251 e. The van der Waals surface area contributed by atoms with Crippen molar-refractivity contribution in [3.8, 4) is 0 Å². The number of hydrogen-bond donors (Lipinski definition) is 2. The molecule has 0 bridgehead atoms. The maximum atomic E-state index is 12.0. The molecule has 3 heteroatoms. The van der Waals surface area contributed by atoms with E-state index < -0.39 is 0 Å². The molecule has 0 radical (unpaired) electrons. The van der Waals surface area contributed by atoms with Crippen LogP contribution in [0.4, 0.5) is 5.69 Å². The van der Waals surface area contributed by atoms with E-state index >= 15 is 0 Å². The number of hydrogen-bond acceptors (Lipinski definition) is 2. The van der Waals surface area contributed by atoms with Crippen LogP contribution in [0.2, 0.25) is 0 Å². The second kappa shape index (κ2) is 6.60.